The molecule has 1 saturated heterocycles. The van der Waals surface area contributed by atoms with Gasteiger partial charge in [0.25, 0.3) is 5.91 Å². The number of amides is 2. The maximum Gasteiger partial charge on any atom is 0.254 e. The molecule has 2 aliphatic rings. The van der Waals surface area contributed by atoms with Crippen molar-refractivity contribution in [3.8, 4) is 0 Å². The van der Waals surface area contributed by atoms with Gasteiger partial charge in [-0.25, -0.2) is 4.39 Å². The van der Waals surface area contributed by atoms with Gasteiger partial charge >= 0.3 is 0 Å². The van der Waals surface area contributed by atoms with Gasteiger partial charge in [-0.1, -0.05) is 12.1 Å². The van der Waals surface area contributed by atoms with E-state index in [1.165, 1.54) is 12.1 Å². The lowest BCUT2D eigenvalue weighted by atomic mass is 10.0. The maximum atomic E-state index is 13.2. The fraction of sp³-hybridized carbons (Fsp3) is 0.333. The molecule has 0 spiro atoms. The highest BCUT2D eigenvalue weighted by atomic mass is 19.1. The van der Waals surface area contributed by atoms with Crippen LogP contribution in [0.1, 0.15) is 47.3 Å². The first-order valence-corrected chi connectivity index (χ1v) is 9.02. The second kappa shape index (κ2) is 6.56. The third-order valence-electron chi connectivity index (χ3n) is 5.37. The van der Waals surface area contributed by atoms with E-state index < -0.39 is 0 Å². The monoisotopic (exact) mass is 352 g/mol. The highest BCUT2D eigenvalue weighted by Crippen LogP contribution is 2.35. The van der Waals surface area contributed by atoms with Crippen LogP contribution in [0.15, 0.2) is 42.5 Å². The quantitative estimate of drug-likeness (QED) is 0.827. The summed E-state index contributed by atoms with van der Waals surface area (Å²) in [6, 6.07) is 12.0. The number of hydrogen-bond donors (Lipinski definition) is 0. The third-order valence-corrected chi connectivity index (χ3v) is 5.37. The van der Waals surface area contributed by atoms with Gasteiger partial charge in [0.2, 0.25) is 5.91 Å². The minimum atomic E-state index is -0.265. The fourth-order valence-corrected chi connectivity index (χ4v) is 4.07. The molecule has 5 heteroatoms. The molecule has 4 rings (SSSR count). The van der Waals surface area contributed by atoms with Crippen LogP contribution < -0.4 is 4.90 Å². The Hall–Kier alpha value is -2.69. The Labute approximate surface area is 152 Å². The Balaban J connectivity index is 1.59. The van der Waals surface area contributed by atoms with Crippen LogP contribution in [0.5, 0.6) is 0 Å². The first-order valence-electron chi connectivity index (χ1n) is 9.02. The second-order valence-electron chi connectivity index (χ2n) is 6.97. The SMILES string of the molecule is CC(=O)N1CCc2cc(C(=O)N3CCCC3c3ccc(F)cc3)ccc21. The number of benzene rings is 2. The molecule has 0 N–H and O–H groups in total. The van der Waals surface area contributed by atoms with Gasteiger partial charge in [-0.3, -0.25) is 9.59 Å². The van der Waals surface area contributed by atoms with Crippen molar-refractivity contribution in [3.05, 3.63) is 65.0 Å². The number of carbonyl (C=O) groups is 2. The van der Waals surface area contributed by atoms with Crippen molar-refractivity contribution in [2.45, 2.75) is 32.2 Å². The molecule has 0 bridgehead atoms. The van der Waals surface area contributed by atoms with Gasteiger partial charge in [-0.05, 0) is 60.7 Å². The number of halogens is 1. The molecule has 2 heterocycles. The molecule has 0 saturated carbocycles. The molecular formula is C21H21FN2O2. The van der Waals surface area contributed by atoms with Crippen molar-refractivity contribution in [1.82, 2.24) is 4.90 Å². The third kappa shape index (κ3) is 2.87. The highest BCUT2D eigenvalue weighted by molar-refractivity contribution is 5.98. The minimum absolute atomic E-state index is 0.000833. The van der Waals surface area contributed by atoms with E-state index in [4.69, 9.17) is 0 Å². The van der Waals surface area contributed by atoms with Crippen molar-refractivity contribution >= 4 is 17.5 Å². The van der Waals surface area contributed by atoms with Gasteiger partial charge in [0, 0.05) is 31.3 Å². The number of anilines is 1. The molecular weight excluding hydrogens is 331 g/mol. The van der Waals surface area contributed by atoms with Gasteiger partial charge in [0.05, 0.1) is 6.04 Å². The Bertz CT molecular complexity index is 863. The van der Waals surface area contributed by atoms with E-state index in [2.05, 4.69) is 0 Å². The average molecular weight is 352 g/mol. The summed E-state index contributed by atoms with van der Waals surface area (Å²) in [5, 5.41) is 0. The summed E-state index contributed by atoms with van der Waals surface area (Å²) in [5.41, 5.74) is 3.58. The summed E-state index contributed by atoms with van der Waals surface area (Å²) in [7, 11) is 0. The molecule has 4 nitrogen and oxygen atoms in total. The normalized spacial score (nSPS) is 18.9. The Kier molecular flexibility index (Phi) is 4.23. The Morgan fingerprint density at radius 1 is 1.08 bits per heavy atom. The van der Waals surface area contributed by atoms with Gasteiger partial charge in [0.15, 0.2) is 0 Å². The van der Waals surface area contributed by atoms with E-state index in [-0.39, 0.29) is 23.7 Å². The zero-order chi connectivity index (χ0) is 18.3. The molecule has 1 atom stereocenters. The molecule has 0 aliphatic carbocycles. The predicted molar refractivity (Wildman–Crippen MR) is 97.6 cm³/mol. The molecule has 1 unspecified atom stereocenters. The zero-order valence-electron chi connectivity index (χ0n) is 14.7. The van der Waals surface area contributed by atoms with E-state index >= 15 is 0 Å². The fourth-order valence-electron chi connectivity index (χ4n) is 4.07. The smallest absolute Gasteiger partial charge is 0.254 e. The Morgan fingerprint density at radius 2 is 1.85 bits per heavy atom. The molecule has 2 amide bonds. The number of rotatable bonds is 2. The van der Waals surface area contributed by atoms with Crippen molar-refractivity contribution < 1.29 is 14.0 Å². The van der Waals surface area contributed by atoms with E-state index in [1.54, 1.807) is 24.0 Å². The van der Waals surface area contributed by atoms with Crippen molar-refractivity contribution in [2.75, 3.05) is 18.0 Å². The zero-order valence-corrected chi connectivity index (χ0v) is 14.7. The largest absolute Gasteiger partial charge is 0.332 e. The minimum Gasteiger partial charge on any atom is -0.332 e. The molecule has 0 aromatic heterocycles. The summed E-state index contributed by atoms with van der Waals surface area (Å²) in [6.45, 7) is 2.94. The van der Waals surface area contributed by atoms with Crippen LogP contribution in [-0.4, -0.2) is 29.8 Å². The van der Waals surface area contributed by atoms with E-state index in [9.17, 15) is 14.0 Å². The van der Waals surface area contributed by atoms with E-state index in [0.29, 0.717) is 18.7 Å². The van der Waals surface area contributed by atoms with E-state index in [1.807, 2.05) is 23.1 Å². The van der Waals surface area contributed by atoms with Crippen LogP contribution in [0.25, 0.3) is 0 Å². The first kappa shape index (κ1) is 16.8. The van der Waals surface area contributed by atoms with Crippen LogP contribution >= 0.6 is 0 Å². The summed E-state index contributed by atoms with van der Waals surface area (Å²) < 4.78 is 13.2. The summed E-state index contributed by atoms with van der Waals surface area (Å²) in [4.78, 5) is 28.4. The lowest BCUT2D eigenvalue weighted by Crippen LogP contribution is -2.30. The van der Waals surface area contributed by atoms with Crippen LogP contribution in [-0.2, 0) is 11.2 Å². The molecule has 134 valence electrons. The second-order valence-corrected chi connectivity index (χ2v) is 6.97. The topological polar surface area (TPSA) is 40.6 Å². The van der Waals surface area contributed by atoms with Crippen LogP contribution in [0.2, 0.25) is 0 Å². The number of hydrogen-bond acceptors (Lipinski definition) is 2. The Morgan fingerprint density at radius 3 is 2.58 bits per heavy atom. The molecule has 2 aliphatic heterocycles. The van der Waals surface area contributed by atoms with Crippen molar-refractivity contribution in [2.24, 2.45) is 0 Å². The number of nitrogens with zero attached hydrogens (tertiary/aromatic N) is 2. The predicted octanol–water partition coefficient (Wildman–Crippen LogP) is 3.71. The lowest BCUT2D eigenvalue weighted by Gasteiger charge is -2.25. The standard InChI is InChI=1S/C21H21FN2O2/c1-14(25)23-12-10-16-13-17(6-9-20(16)23)21(26)24-11-2-3-19(24)15-4-7-18(22)8-5-15/h4-9,13,19H,2-3,10-12H2,1H3. The molecule has 26 heavy (non-hydrogen) atoms. The lowest BCUT2D eigenvalue weighted by molar-refractivity contribution is -0.116. The summed E-state index contributed by atoms with van der Waals surface area (Å²) >= 11 is 0. The van der Waals surface area contributed by atoms with Crippen molar-refractivity contribution in [1.29, 1.82) is 0 Å². The van der Waals surface area contributed by atoms with Crippen LogP contribution in [0.4, 0.5) is 10.1 Å². The molecule has 2 aromatic rings. The van der Waals surface area contributed by atoms with Crippen molar-refractivity contribution in [3.63, 3.8) is 0 Å². The van der Waals surface area contributed by atoms with Crippen LogP contribution in [0, 0.1) is 5.82 Å². The van der Waals surface area contributed by atoms with Gasteiger partial charge in [0.1, 0.15) is 5.82 Å². The number of carbonyl (C=O) groups excluding carboxylic acids is 2. The number of fused-ring (bicyclic) bond motifs is 1. The van der Waals surface area contributed by atoms with Gasteiger partial charge in [-0.2, -0.15) is 0 Å². The molecule has 2 aromatic carbocycles. The average Bonchev–Trinajstić information content (AvgIpc) is 3.28. The first-order chi connectivity index (χ1) is 12.5. The van der Waals surface area contributed by atoms with Gasteiger partial charge < -0.3 is 9.80 Å². The van der Waals surface area contributed by atoms with Gasteiger partial charge in [-0.15, -0.1) is 0 Å². The van der Waals surface area contributed by atoms with E-state index in [0.717, 1.165) is 36.1 Å². The summed E-state index contributed by atoms with van der Waals surface area (Å²) in [5.74, 6) is -0.238. The van der Waals surface area contributed by atoms with Crippen LogP contribution in [0.3, 0.4) is 0 Å². The summed E-state index contributed by atoms with van der Waals surface area (Å²) in [6.07, 6.45) is 2.61. The molecule has 1 fully saturated rings. The highest BCUT2D eigenvalue weighted by Gasteiger charge is 2.31. The molecule has 0 radical (unpaired) electrons. The maximum absolute atomic E-state index is 13.2. The number of likely N-dealkylation sites (tertiary alicyclic amines) is 1.